The van der Waals surface area contributed by atoms with Gasteiger partial charge in [-0.3, -0.25) is 19.1 Å². The van der Waals surface area contributed by atoms with Crippen molar-refractivity contribution in [1.82, 2.24) is 24.8 Å². The number of hydrogen-bond donors (Lipinski definition) is 3. The summed E-state index contributed by atoms with van der Waals surface area (Å²) >= 11 is 0. The number of nitrogens with zero attached hydrogens (tertiary/aromatic N) is 3. The fraction of sp³-hybridized carbons (Fsp3) is 0.250. The molecule has 0 bridgehead atoms. The minimum absolute atomic E-state index is 0.121. The number of fused-ring (bicyclic) bond motifs is 2. The van der Waals surface area contributed by atoms with Gasteiger partial charge in [-0.15, -0.1) is 0 Å². The second-order valence-electron chi connectivity index (χ2n) is 8.22. The third kappa shape index (κ3) is 4.09. The van der Waals surface area contributed by atoms with Gasteiger partial charge in [0, 0.05) is 29.0 Å². The average molecular weight is 446 g/mol. The van der Waals surface area contributed by atoms with Crippen LogP contribution in [-0.4, -0.2) is 25.4 Å². The number of carbonyl (C=O) groups is 1. The van der Waals surface area contributed by atoms with Gasteiger partial charge in [-0.25, -0.2) is 9.37 Å². The number of benzene rings is 1. The molecule has 1 aromatic carbocycles. The number of anilines is 1. The first-order valence-corrected chi connectivity index (χ1v) is 10.8. The number of aryl methyl sites for hydroxylation is 1. The number of amides is 1. The summed E-state index contributed by atoms with van der Waals surface area (Å²) in [4.78, 5) is 37.7. The Balaban J connectivity index is 1.31. The van der Waals surface area contributed by atoms with E-state index in [1.807, 2.05) is 12.1 Å². The third-order valence-electron chi connectivity index (χ3n) is 6.06. The molecule has 2 atom stereocenters. The van der Waals surface area contributed by atoms with E-state index in [9.17, 15) is 14.0 Å². The van der Waals surface area contributed by atoms with E-state index in [2.05, 4.69) is 25.6 Å². The Bertz CT molecular complexity index is 1340. The molecule has 1 aliphatic heterocycles. The Hall–Kier alpha value is -4.01. The van der Waals surface area contributed by atoms with Crippen LogP contribution in [0.1, 0.15) is 42.4 Å². The van der Waals surface area contributed by atoms with E-state index in [-0.39, 0.29) is 23.3 Å². The van der Waals surface area contributed by atoms with Gasteiger partial charge in [-0.05, 0) is 49.6 Å². The summed E-state index contributed by atoms with van der Waals surface area (Å²) in [5, 5.41) is 7.08. The molecule has 1 aliphatic rings. The minimum Gasteiger partial charge on any atom is -0.372 e. The van der Waals surface area contributed by atoms with Gasteiger partial charge >= 0.3 is 0 Å². The molecule has 3 N–H and O–H groups in total. The number of carbonyl (C=O) groups excluding carboxylic acids is 1. The summed E-state index contributed by atoms with van der Waals surface area (Å²) in [7, 11) is 0. The predicted molar refractivity (Wildman–Crippen MR) is 122 cm³/mol. The van der Waals surface area contributed by atoms with Gasteiger partial charge in [0.2, 0.25) is 5.91 Å². The molecular weight excluding hydrogens is 423 g/mol. The van der Waals surface area contributed by atoms with E-state index in [0.717, 1.165) is 28.6 Å². The highest BCUT2D eigenvalue weighted by molar-refractivity contribution is 5.81. The number of rotatable bonds is 5. The van der Waals surface area contributed by atoms with Gasteiger partial charge < -0.3 is 15.6 Å². The largest absolute Gasteiger partial charge is 0.372 e. The van der Waals surface area contributed by atoms with Crippen molar-refractivity contribution >= 4 is 22.5 Å². The quantitative estimate of drug-likeness (QED) is 0.437. The molecule has 0 aliphatic carbocycles. The molecule has 168 valence electrons. The van der Waals surface area contributed by atoms with Gasteiger partial charge in [-0.1, -0.05) is 12.1 Å². The maximum absolute atomic E-state index is 13.3. The third-order valence-corrected chi connectivity index (χ3v) is 6.06. The lowest BCUT2D eigenvalue weighted by Crippen LogP contribution is -2.38. The Kier molecular flexibility index (Phi) is 5.37. The highest BCUT2D eigenvalue weighted by atomic mass is 19.1. The Morgan fingerprint density at radius 1 is 1.30 bits per heavy atom. The molecule has 0 saturated carbocycles. The zero-order valence-corrected chi connectivity index (χ0v) is 18.0. The standard InChI is InChI=1S/C24H23FN6O2/c1-14(23(32)27-12-18-10-16-11-26-9-8-20(16)29-18)31-13-28-21-7-6-19(30-22(21)24(31)33)15-2-4-17(25)5-3-15/h2-5,8-11,13-14,19,29-30H,6-7,12H2,1H3,(H,27,32)/t14-,19?/m1/s1. The van der Waals surface area contributed by atoms with Gasteiger partial charge in [0.15, 0.2) is 0 Å². The molecule has 0 saturated heterocycles. The van der Waals surface area contributed by atoms with E-state index in [4.69, 9.17) is 0 Å². The zero-order chi connectivity index (χ0) is 22.9. The zero-order valence-electron chi connectivity index (χ0n) is 18.0. The summed E-state index contributed by atoms with van der Waals surface area (Å²) in [5.41, 5.74) is 3.45. The maximum Gasteiger partial charge on any atom is 0.277 e. The molecule has 9 heteroatoms. The highest BCUT2D eigenvalue weighted by Crippen LogP contribution is 2.29. The first-order valence-electron chi connectivity index (χ1n) is 10.8. The molecule has 4 aromatic rings. The van der Waals surface area contributed by atoms with Crippen LogP contribution in [0.25, 0.3) is 10.9 Å². The monoisotopic (exact) mass is 446 g/mol. The van der Waals surface area contributed by atoms with E-state index >= 15 is 0 Å². The van der Waals surface area contributed by atoms with Crippen LogP contribution in [0.15, 0.2) is 59.9 Å². The van der Waals surface area contributed by atoms with Crippen molar-refractivity contribution in [2.75, 3.05) is 5.32 Å². The lowest BCUT2D eigenvalue weighted by atomic mass is 9.96. The number of nitrogens with one attached hydrogen (secondary N) is 3. The first-order chi connectivity index (χ1) is 16.0. The van der Waals surface area contributed by atoms with E-state index in [0.29, 0.717) is 24.3 Å². The van der Waals surface area contributed by atoms with Crippen molar-refractivity contribution in [2.45, 2.75) is 38.4 Å². The number of halogens is 1. The summed E-state index contributed by atoms with van der Waals surface area (Å²) < 4.78 is 14.6. The van der Waals surface area contributed by atoms with Crippen molar-refractivity contribution in [1.29, 1.82) is 0 Å². The Morgan fingerprint density at radius 2 is 2.12 bits per heavy atom. The molecule has 1 unspecified atom stereocenters. The number of hydrogen-bond acceptors (Lipinski definition) is 5. The summed E-state index contributed by atoms with van der Waals surface area (Å²) in [6, 6.07) is 9.17. The van der Waals surface area contributed by atoms with E-state index in [1.165, 1.54) is 23.0 Å². The molecule has 0 fully saturated rings. The van der Waals surface area contributed by atoms with Crippen LogP contribution in [0.4, 0.5) is 10.1 Å². The molecule has 1 amide bonds. The van der Waals surface area contributed by atoms with Crippen LogP contribution in [0.2, 0.25) is 0 Å². The summed E-state index contributed by atoms with van der Waals surface area (Å²) in [6.45, 7) is 1.97. The predicted octanol–water partition coefficient (Wildman–Crippen LogP) is 3.24. The lowest BCUT2D eigenvalue weighted by molar-refractivity contribution is -0.124. The maximum atomic E-state index is 13.3. The summed E-state index contributed by atoms with van der Waals surface area (Å²) in [5.74, 6) is -0.593. The summed E-state index contributed by atoms with van der Waals surface area (Å²) in [6.07, 6.45) is 6.25. The van der Waals surface area contributed by atoms with E-state index < -0.39 is 6.04 Å². The molecule has 5 rings (SSSR count). The highest BCUT2D eigenvalue weighted by Gasteiger charge is 2.26. The van der Waals surface area contributed by atoms with Crippen molar-refractivity contribution in [3.63, 3.8) is 0 Å². The number of aromatic nitrogens is 4. The van der Waals surface area contributed by atoms with Crippen LogP contribution in [-0.2, 0) is 17.8 Å². The Labute approximate surface area is 188 Å². The average Bonchev–Trinajstić information content (AvgIpc) is 3.26. The van der Waals surface area contributed by atoms with Crippen molar-refractivity contribution < 1.29 is 9.18 Å². The number of H-pyrrole nitrogens is 1. The van der Waals surface area contributed by atoms with E-state index in [1.54, 1.807) is 31.5 Å². The van der Waals surface area contributed by atoms with Gasteiger partial charge in [-0.2, -0.15) is 0 Å². The molecule has 4 heterocycles. The van der Waals surface area contributed by atoms with Crippen LogP contribution < -0.4 is 16.2 Å². The fourth-order valence-electron chi connectivity index (χ4n) is 4.17. The topological polar surface area (TPSA) is 105 Å². The first kappa shape index (κ1) is 20.9. The molecule has 3 aromatic heterocycles. The molecule has 8 nitrogen and oxygen atoms in total. The minimum atomic E-state index is -0.741. The Morgan fingerprint density at radius 3 is 2.91 bits per heavy atom. The number of aromatic amines is 1. The van der Waals surface area contributed by atoms with Crippen molar-refractivity contribution in [3.05, 3.63) is 88.2 Å². The smallest absolute Gasteiger partial charge is 0.277 e. The molecule has 0 radical (unpaired) electrons. The van der Waals surface area contributed by atoms with Crippen LogP contribution in [0.5, 0.6) is 0 Å². The SMILES string of the molecule is C[C@H](C(=O)NCc1cc2cnccc2[nH]1)n1cnc2c(c1=O)NC(c1ccc(F)cc1)CC2. The second-order valence-corrected chi connectivity index (χ2v) is 8.22. The van der Waals surface area contributed by atoms with Crippen LogP contribution in [0, 0.1) is 5.82 Å². The number of pyridine rings is 1. The normalized spacial score (nSPS) is 16.1. The molecule has 33 heavy (non-hydrogen) atoms. The van der Waals surface area contributed by atoms with Crippen LogP contribution in [0.3, 0.4) is 0 Å². The fourth-order valence-corrected chi connectivity index (χ4v) is 4.17. The second kappa shape index (κ2) is 8.50. The van der Waals surface area contributed by atoms with Crippen molar-refractivity contribution in [3.8, 4) is 0 Å². The van der Waals surface area contributed by atoms with Gasteiger partial charge in [0.25, 0.3) is 5.56 Å². The van der Waals surface area contributed by atoms with Gasteiger partial charge in [0.05, 0.1) is 24.6 Å². The lowest BCUT2D eigenvalue weighted by Gasteiger charge is -2.27. The van der Waals surface area contributed by atoms with Crippen LogP contribution >= 0.6 is 0 Å². The molecule has 0 spiro atoms. The molecular formula is C24H23FN6O2. The van der Waals surface area contributed by atoms with Crippen molar-refractivity contribution in [2.24, 2.45) is 0 Å². The van der Waals surface area contributed by atoms with Gasteiger partial charge in [0.1, 0.15) is 17.5 Å².